The van der Waals surface area contributed by atoms with Gasteiger partial charge >= 0.3 is 0 Å². The molecule has 148 valence electrons. The van der Waals surface area contributed by atoms with Crippen molar-refractivity contribution in [3.05, 3.63) is 66.2 Å². The quantitative estimate of drug-likeness (QED) is 0.736. The maximum Gasteiger partial charge on any atom is 0.241 e. The van der Waals surface area contributed by atoms with Gasteiger partial charge in [-0.2, -0.15) is 0 Å². The first kappa shape index (κ1) is 20.0. The Morgan fingerprint density at radius 3 is 2.18 bits per heavy atom. The second-order valence-corrected chi connectivity index (χ2v) is 6.97. The highest BCUT2D eigenvalue weighted by Crippen LogP contribution is 2.17. The molecule has 0 radical (unpaired) electrons. The number of benzene rings is 2. The predicted octanol–water partition coefficient (Wildman–Crippen LogP) is 2.01. The Hall–Kier alpha value is -2.70. The molecule has 0 spiro atoms. The van der Waals surface area contributed by atoms with Gasteiger partial charge in [0.05, 0.1) is 32.8 Å². The molecule has 6 nitrogen and oxygen atoms in total. The van der Waals surface area contributed by atoms with Gasteiger partial charge in [-0.05, 0) is 24.7 Å². The fourth-order valence-electron chi connectivity index (χ4n) is 3.21. The molecule has 2 aromatic rings. The van der Waals surface area contributed by atoms with Crippen LogP contribution in [-0.4, -0.2) is 68.1 Å². The number of ether oxygens (including phenoxy) is 1. The summed E-state index contributed by atoms with van der Waals surface area (Å²) in [6, 6.07) is 19.6. The molecule has 6 heteroatoms. The summed E-state index contributed by atoms with van der Waals surface area (Å²) >= 11 is 0. The lowest BCUT2D eigenvalue weighted by atomic mass is 10.2. The van der Waals surface area contributed by atoms with Crippen molar-refractivity contribution in [3.8, 4) is 0 Å². The molecule has 0 atom stereocenters. The van der Waals surface area contributed by atoms with E-state index in [0.717, 1.165) is 11.3 Å². The molecule has 1 saturated heterocycles. The summed E-state index contributed by atoms with van der Waals surface area (Å²) in [5.74, 6) is 0.000232. The number of carbonyl (C=O) groups excluding carboxylic acids is 2. The molecule has 28 heavy (non-hydrogen) atoms. The lowest BCUT2D eigenvalue weighted by Gasteiger charge is -2.29. The third kappa shape index (κ3) is 5.65. The molecular formula is C22H27N3O3. The van der Waals surface area contributed by atoms with Gasteiger partial charge in [-0.1, -0.05) is 48.5 Å². The lowest BCUT2D eigenvalue weighted by molar-refractivity contribution is -0.136. The molecule has 1 fully saturated rings. The number of likely N-dealkylation sites (N-methyl/N-ethyl adjacent to an activating group) is 1. The minimum atomic E-state index is -0.0349. The van der Waals surface area contributed by atoms with Crippen molar-refractivity contribution in [1.29, 1.82) is 0 Å². The zero-order valence-corrected chi connectivity index (χ0v) is 16.3. The fraction of sp³-hybridized carbons (Fsp3) is 0.364. The molecule has 2 amide bonds. The Kier molecular flexibility index (Phi) is 7.17. The van der Waals surface area contributed by atoms with Crippen molar-refractivity contribution in [3.63, 3.8) is 0 Å². The first-order chi connectivity index (χ1) is 13.6. The van der Waals surface area contributed by atoms with E-state index in [1.165, 1.54) is 0 Å². The second-order valence-electron chi connectivity index (χ2n) is 6.97. The summed E-state index contributed by atoms with van der Waals surface area (Å²) in [5, 5.41) is 0. The Balaban J connectivity index is 1.64. The van der Waals surface area contributed by atoms with Gasteiger partial charge in [0.1, 0.15) is 0 Å². The van der Waals surface area contributed by atoms with Gasteiger partial charge in [0.2, 0.25) is 11.8 Å². The molecule has 1 aliphatic heterocycles. The Labute approximate surface area is 166 Å². The highest BCUT2D eigenvalue weighted by atomic mass is 16.5. The average Bonchev–Trinajstić information content (AvgIpc) is 2.74. The molecule has 1 heterocycles. The van der Waals surface area contributed by atoms with Gasteiger partial charge in [0.25, 0.3) is 0 Å². The number of nitrogens with zero attached hydrogens (tertiary/aromatic N) is 3. The number of hydrogen-bond acceptors (Lipinski definition) is 4. The van der Waals surface area contributed by atoms with Crippen LogP contribution in [0.5, 0.6) is 0 Å². The molecule has 0 aromatic heterocycles. The Morgan fingerprint density at radius 1 is 0.929 bits per heavy atom. The van der Waals surface area contributed by atoms with Gasteiger partial charge < -0.3 is 14.5 Å². The smallest absolute Gasteiger partial charge is 0.241 e. The fourth-order valence-corrected chi connectivity index (χ4v) is 3.21. The molecule has 2 aromatic carbocycles. The van der Waals surface area contributed by atoms with E-state index in [1.807, 2.05) is 67.7 Å². The topological polar surface area (TPSA) is 53.1 Å². The highest BCUT2D eigenvalue weighted by Gasteiger charge is 2.22. The number of morpholine rings is 1. The molecule has 1 aliphatic rings. The molecular weight excluding hydrogens is 354 g/mol. The van der Waals surface area contributed by atoms with Crippen LogP contribution in [0.1, 0.15) is 5.56 Å². The highest BCUT2D eigenvalue weighted by molar-refractivity contribution is 5.95. The monoisotopic (exact) mass is 381 g/mol. The van der Waals surface area contributed by atoms with E-state index >= 15 is 0 Å². The maximum absolute atomic E-state index is 13.1. The Bertz CT molecular complexity index is 761. The molecule has 0 unspecified atom stereocenters. The predicted molar refractivity (Wildman–Crippen MR) is 109 cm³/mol. The number of rotatable bonds is 7. The van der Waals surface area contributed by atoms with Crippen molar-refractivity contribution in [2.45, 2.75) is 6.54 Å². The minimum Gasteiger partial charge on any atom is -0.378 e. The van der Waals surface area contributed by atoms with Crippen LogP contribution in [0.3, 0.4) is 0 Å². The third-order valence-electron chi connectivity index (χ3n) is 4.73. The molecule has 0 bridgehead atoms. The van der Waals surface area contributed by atoms with Crippen LogP contribution in [0.25, 0.3) is 0 Å². The van der Waals surface area contributed by atoms with Crippen LogP contribution in [0, 0.1) is 0 Å². The van der Waals surface area contributed by atoms with E-state index in [1.54, 1.807) is 14.7 Å². The number of carbonyl (C=O) groups is 2. The van der Waals surface area contributed by atoms with Gasteiger partial charge in [-0.15, -0.1) is 0 Å². The summed E-state index contributed by atoms with van der Waals surface area (Å²) in [4.78, 5) is 30.8. The number of anilines is 1. The summed E-state index contributed by atoms with van der Waals surface area (Å²) < 4.78 is 5.29. The van der Waals surface area contributed by atoms with E-state index in [2.05, 4.69) is 0 Å². The summed E-state index contributed by atoms with van der Waals surface area (Å²) in [6.07, 6.45) is 0. The van der Waals surface area contributed by atoms with Crippen molar-refractivity contribution in [1.82, 2.24) is 9.80 Å². The van der Waals surface area contributed by atoms with Gasteiger partial charge in [0, 0.05) is 18.8 Å². The summed E-state index contributed by atoms with van der Waals surface area (Å²) in [7, 11) is 1.81. The molecule has 0 aliphatic carbocycles. The summed E-state index contributed by atoms with van der Waals surface area (Å²) in [6.45, 7) is 3.28. The average molecular weight is 381 g/mol. The maximum atomic E-state index is 13.1. The van der Waals surface area contributed by atoms with E-state index in [9.17, 15) is 9.59 Å². The number of hydrogen-bond donors (Lipinski definition) is 0. The standard InChI is InChI=1S/C22H27N3O3/c1-23(17-21(26)24-12-14-28-15-13-24)18-22(27)25(20-10-6-3-7-11-20)16-19-8-4-2-5-9-19/h2-11H,12-18H2,1H3. The first-order valence-corrected chi connectivity index (χ1v) is 9.57. The normalized spacial score (nSPS) is 14.1. The van der Waals surface area contributed by atoms with E-state index in [0.29, 0.717) is 32.8 Å². The zero-order chi connectivity index (χ0) is 19.8. The largest absolute Gasteiger partial charge is 0.378 e. The number of para-hydroxylation sites is 1. The molecule has 0 N–H and O–H groups in total. The Morgan fingerprint density at radius 2 is 1.54 bits per heavy atom. The first-order valence-electron chi connectivity index (χ1n) is 9.57. The number of amides is 2. The molecule has 3 rings (SSSR count). The minimum absolute atomic E-state index is 0.0349. The van der Waals surface area contributed by atoms with Crippen LogP contribution in [0.15, 0.2) is 60.7 Å². The third-order valence-corrected chi connectivity index (χ3v) is 4.73. The SMILES string of the molecule is CN(CC(=O)N1CCOCC1)CC(=O)N(Cc1ccccc1)c1ccccc1. The van der Waals surface area contributed by atoms with Crippen LogP contribution in [0.4, 0.5) is 5.69 Å². The lowest BCUT2D eigenvalue weighted by Crippen LogP contribution is -2.47. The van der Waals surface area contributed by atoms with Gasteiger partial charge in [0.15, 0.2) is 0 Å². The zero-order valence-electron chi connectivity index (χ0n) is 16.3. The summed E-state index contributed by atoms with van der Waals surface area (Å²) in [5.41, 5.74) is 1.91. The second kappa shape index (κ2) is 10.0. The molecule has 0 saturated carbocycles. The van der Waals surface area contributed by atoms with Crippen LogP contribution in [-0.2, 0) is 20.9 Å². The van der Waals surface area contributed by atoms with Crippen molar-refractivity contribution >= 4 is 17.5 Å². The van der Waals surface area contributed by atoms with Crippen LogP contribution < -0.4 is 4.90 Å². The van der Waals surface area contributed by atoms with Crippen LogP contribution in [0.2, 0.25) is 0 Å². The van der Waals surface area contributed by atoms with E-state index in [-0.39, 0.29) is 24.9 Å². The van der Waals surface area contributed by atoms with E-state index < -0.39 is 0 Å². The van der Waals surface area contributed by atoms with Crippen molar-refractivity contribution in [2.75, 3.05) is 51.3 Å². The van der Waals surface area contributed by atoms with Crippen molar-refractivity contribution in [2.24, 2.45) is 0 Å². The van der Waals surface area contributed by atoms with Crippen LogP contribution >= 0.6 is 0 Å². The van der Waals surface area contributed by atoms with E-state index in [4.69, 9.17) is 4.74 Å². The van der Waals surface area contributed by atoms with Crippen molar-refractivity contribution < 1.29 is 14.3 Å². The van der Waals surface area contributed by atoms with Gasteiger partial charge in [-0.3, -0.25) is 14.5 Å². The van der Waals surface area contributed by atoms with Gasteiger partial charge in [-0.25, -0.2) is 0 Å².